The summed E-state index contributed by atoms with van der Waals surface area (Å²) >= 11 is 0. The van der Waals surface area contributed by atoms with Gasteiger partial charge in [-0.25, -0.2) is 9.97 Å². The fourth-order valence-electron chi connectivity index (χ4n) is 4.95. The summed E-state index contributed by atoms with van der Waals surface area (Å²) in [6.45, 7) is 8.59. The summed E-state index contributed by atoms with van der Waals surface area (Å²) in [5.41, 5.74) is 6.59. The van der Waals surface area contributed by atoms with Crippen LogP contribution in [0.5, 0.6) is 0 Å². The molecule has 0 radical (unpaired) electrons. The Bertz CT molecular complexity index is 1480. The van der Waals surface area contributed by atoms with Crippen LogP contribution in [0.1, 0.15) is 24.2 Å². The first-order chi connectivity index (χ1) is 17.6. The molecular weight excluding hydrogens is 444 g/mol. The van der Waals surface area contributed by atoms with Crippen LogP contribution < -0.4 is 4.90 Å². The summed E-state index contributed by atoms with van der Waals surface area (Å²) in [6, 6.07) is 21.7. The number of aromatic nitrogens is 4. The predicted octanol–water partition coefficient (Wildman–Crippen LogP) is 5.53. The maximum atomic E-state index is 4.73. The number of nitrogens with zero attached hydrogens (tertiary/aromatic N) is 6. The zero-order valence-electron chi connectivity index (χ0n) is 21.0. The molecule has 0 bridgehead atoms. The minimum atomic E-state index is 0.874. The molecule has 1 saturated carbocycles. The van der Waals surface area contributed by atoms with Gasteiger partial charge in [0.05, 0.1) is 5.52 Å². The zero-order chi connectivity index (χ0) is 24.5. The molecule has 7 rings (SSSR count). The minimum Gasteiger partial charge on any atom is -0.354 e. The number of benzene rings is 1. The quantitative estimate of drug-likeness (QED) is 0.343. The van der Waals surface area contributed by atoms with E-state index >= 15 is 0 Å². The number of pyridine rings is 3. The Morgan fingerprint density at radius 3 is 2.39 bits per heavy atom. The van der Waals surface area contributed by atoms with Crippen molar-refractivity contribution in [3.05, 3.63) is 90.6 Å². The zero-order valence-corrected chi connectivity index (χ0v) is 21.0. The van der Waals surface area contributed by atoms with E-state index in [4.69, 9.17) is 4.98 Å². The lowest BCUT2D eigenvalue weighted by molar-refractivity contribution is 0.247. The number of para-hydroxylation sites is 1. The number of fused-ring (bicyclic) bond motifs is 2. The van der Waals surface area contributed by atoms with Gasteiger partial charge in [-0.2, -0.15) is 0 Å². The maximum absolute atomic E-state index is 4.73. The average Bonchev–Trinajstić information content (AvgIpc) is 3.72. The lowest BCUT2D eigenvalue weighted by Gasteiger charge is -2.35. The van der Waals surface area contributed by atoms with Crippen molar-refractivity contribution >= 4 is 22.4 Å². The summed E-state index contributed by atoms with van der Waals surface area (Å²) in [5.74, 6) is 1.09. The molecule has 0 N–H and O–H groups in total. The largest absolute Gasteiger partial charge is 0.354 e. The van der Waals surface area contributed by atoms with Crippen LogP contribution in [0.2, 0.25) is 0 Å². The van der Waals surface area contributed by atoms with Gasteiger partial charge in [-0.05, 0) is 68.7 Å². The van der Waals surface area contributed by atoms with Crippen LogP contribution in [0.25, 0.3) is 27.7 Å². The summed E-state index contributed by atoms with van der Waals surface area (Å²) < 4.78 is 2.10. The Morgan fingerprint density at radius 1 is 0.778 bits per heavy atom. The highest BCUT2D eigenvalue weighted by Crippen LogP contribution is 2.28. The molecule has 0 spiro atoms. The molecule has 1 aliphatic carbocycles. The fourth-order valence-corrected chi connectivity index (χ4v) is 4.95. The third-order valence-electron chi connectivity index (χ3n) is 7.22. The van der Waals surface area contributed by atoms with Crippen molar-refractivity contribution in [1.29, 1.82) is 0 Å². The van der Waals surface area contributed by atoms with E-state index in [-0.39, 0.29) is 0 Å². The third-order valence-corrected chi connectivity index (χ3v) is 7.22. The normalized spacial score (nSPS) is 16.2. The maximum Gasteiger partial charge on any atom is 0.137 e. The molecule has 182 valence electrons. The van der Waals surface area contributed by atoms with Crippen molar-refractivity contribution in [1.82, 2.24) is 24.3 Å². The Labute approximate surface area is 212 Å². The van der Waals surface area contributed by atoms with Crippen LogP contribution >= 0.6 is 0 Å². The van der Waals surface area contributed by atoms with Crippen molar-refractivity contribution < 1.29 is 0 Å². The van der Waals surface area contributed by atoms with Crippen molar-refractivity contribution in [2.24, 2.45) is 0 Å². The SMILES string of the molecule is Cc1ccc2ccccc2n1.Cc1cnc2cc(-c3ccc(N4CCN(C5CC5)CC4)nc3)ccn12. The molecule has 1 saturated heterocycles. The van der Waals surface area contributed by atoms with Gasteiger partial charge in [-0.1, -0.05) is 24.3 Å². The second-order valence-electron chi connectivity index (χ2n) is 9.85. The summed E-state index contributed by atoms with van der Waals surface area (Å²) in [5, 5.41) is 1.21. The van der Waals surface area contributed by atoms with Crippen molar-refractivity contribution in [2.45, 2.75) is 32.7 Å². The highest BCUT2D eigenvalue weighted by molar-refractivity contribution is 5.78. The van der Waals surface area contributed by atoms with E-state index in [9.17, 15) is 0 Å². The van der Waals surface area contributed by atoms with Crippen LogP contribution in [-0.2, 0) is 0 Å². The Balaban J connectivity index is 0.000000183. The van der Waals surface area contributed by atoms with Crippen LogP contribution in [0.15, 0.2) is 79.3 Å². The van der Waals surface area contributed by atoms with Crippen LogP contribution in [0, 0.1) is 13.8 Å². The monoisotopic (exact) mass is 476 g/mol. The minimum absolute atomic E-state index is 0.874. The number of hydrogen-bond donors (Lipinski definition) is 0. The number of aryl methyl sites for hydroxylation is 2. The second kappa shape index (κ2) is 9.70. The molecule has 6 heteroatoms. The standard InChI is InChI=1S/C20H23N5.C10H9N/c1-15-13-21-20-12-16(6-7-25(15)20)17-2-5-19(22-14-17)24-10-8-23(9-11-24)18-3-4-18;1-8-6-7-9-4-2-3-5-10(9)11-8/h2,5-7,12-14,18H,3-4,8-11H2,1H3;2-7H,1H3. The van der Waals surface area contributed by atoms with Gasteiger partial charge < -0.3 is 9.30 Å². The molecule has 5 aromatic rings. The highest BCUT2D eigenvalue weighted by atomic mass is 15.3. The smallest absolute Gasteiger partial charge is 0.137 e. The van der Waals surface area contributed by atoms with Crippen LogP contribution in [-0.4, -0.2) is 56.5 Å². The first-order valence-corrected chi connectivity index (χ1v) is 12.9. The number of piperazine rings is 1. The van der Waals surface area contributed by atoms with E-state index < -0.39 is 0 Å². The van der Waals surface area contributed by atoms with Gasteiger partial charge >= 0.3 is 0 Å². The van der Waals surface area contributed by atoms with E-state index in [0.717, 1.165) is 58.6 Å². The average molecular weight is 477 g/mol. The fraction of sp³-hybridized carbons (Fsp3) is 0.300. The predicted molar refractivity (Wildman–Crippen MR) is 146 cm³/mol. The summed E-state index contributed by atoms with van der Waals surface area (Å²) in [7, 11) is 0. The molecule has 4 aromatic heterocycles. The lowest BCUT2D eigenvalue weighted by atomic mass is 10.1. The number of rotatable bonds is 3. The topological polar surface area (TPSA) is 49.6 Å². The van der Waals surface area contributed by atoms with Gasteiger partial charge in [0.1, 0.15) is 11.5 Å². The van der Waals surface area contributed by atoms with E-state index in [1.54, 1.807) is 0 Å². The van der Waals surface area contributed by atoms with Gasteiger partial charge in [-0.3, -0.25) is 9.88 Å². The number of hydrogen-bond acceptors (Lipinski definition) is 5. The molecule has 1 aliphatic heterocycles. The second-order valence-corrected chi connectivity index (χ2v) is 9.85. The van der Waals surface area contributed by atoms with Gasteiger partial charge in [0.25, 0.3) is 0 Å². The molecule has 36 heavy (non-hydrogen) atoms. The Hall–Kier alpha value is -3.77. The van der Waals surface area contributed by atoms with Crippen molar-refractivity contribution in [2.75, 3.05) is 31.1 Å². The molecule has 5 heterocycles. The number of anilines is 1. The van der Waals surface area contributed by atoms with Gasteiger partial charge in [-0.15, -0.1) is 0 Å². The molecule has 2 fully saturated rings. The Kier molecular flexibility index (Phi) is 6.11. The Morgan fingerprint density at radius 2 is 1.61 bits per heavy atom. The molecule has 1 aromatic carbocycles. The highest BCUT2D eigenvalue weighted by Gasteiger charge is 2.31. The summed E-state index contributed by atoms with van der Waals surface area (Å²) in [4.78, 5) is 18.6. The first kappa shape index (κ1) is 22.7. The van der Waals surface area contributed by atoms with Crippen LogP contribution in [0.3, 0.4) is 0 Å². The molecule has 6 nitrogen and oxygen atoms in total. The van der Waals surface area contributed by atoms with E-state index in [0.29, 0.717) is 0 Å². The molecule has 0 unspecified atom stereocenters. The van der Waals surface area contributed by atoms with E-state index in [1.807, 2.05) is 43.6 Å². The van der Waals surface area contributed by atoms with Gasteiger partial charge in [0.15, 0.2) is 0 Å². The first-order valence-electron chi connectivity index (χ1n) is 12.9. The lowest BCUT2D eigenvalue weighted by Crippen LogP contribution is -2.47. The van der Waals surface area contributed by atoms with Gasteiger partial charge in [0, 0.05) is 73.1 Å². The molecule has 2 aliphatic rings. The molecule has 0 atom stereocenters. The van der Waals surface area contributed by atoms with E-state index in [1.165, 1.54) is 31.3 Å². The molecular formula is C30H32N6. The number of imidazole rings is 1. The van der Waals surface area contributed by atoms with E-state index in [2.05, 4.69) is 73.7 Å². The van der Waals surface area contributed by atoms with Crippen LogP contribution in [0.4, 0.5) is 5.82 Å². The molecule has 0 amide bonds. The summed E-state index contributed by atoms with van der Waals surface area (Å²) in [6.07, 6.45) is 8.77. The third kappa shape index (κ3) is 4.82. The van der Waals surface area contributed by atoms with Crippen molar-refractivity contribution in [3.63, 3.8) is 0 Å². The van der Waals surface area contributed by atoms with Crippen molar-refractivity contribution in [3.8, 4) is 11.1 Å². The van der Waals surface area contributed by atoms with Gasteiger partial charge in [0.2, 0.25) is 0 Å².